The molecule has 0 saturated heterocycles. The minimum atomic E-state index is -0.658. The van der Waals surface area contributed by atoms with Gasteiger partial charge in [0, 0.05) is 23.5 Å². The number of nitrogens with zero attached hydrogens (tertiary/aromatic N) is 1. The third kappa shape index (κ3) is 7.74. The van der Waals surface area contributed by atoms with Gasteiger partial charge in [0.25, 0.3) is 0 Å². The molecule has 3 aromatic carbocycles. The monoisotopic (exact) mass is 476 g/mol. The van der Waals surface area contributed by atoms with Gasteiger partial charge in [-0.05, 0) is 56.5 Å². The molecule has 3 rings (SSSR count). The number of carbonyl (C=O) groups excluding carboxylic acids is 2. The van der Waals surface area contributed by atoms with E-state index in [1.54, 1.807) is 4.90 Å². The van der Waals surface area contributed by atoms with Crippen molar-refractivity contribution in [2.45, 2.75) is 58.7 Å². The molecule has 5 heteroatoms. The first-order valence-corrected chi connectivity index (χ1v) is 11.9. The van der Waals surface area contributed by atoms with E-state index >= 15 is 0 Å². The summed E-state index contributed by atoms with van der Waals surface area (Å²) in [6.07, 6.45) is 0.652. The lowest BCUT2D eigenvalue weighted by molar-refractivity contribution is -0.141. The minimum Gasteiger partial charge on any atom is -0.350 e. The molecular formula is C29H33ClN2O2. The summed E-state index contributed by atoms with van der Waals surface area (Å²) in [5.74, 6) is -0.256. The van der Waals surface area contributed by atoms with Crippen molar-refractivity contribution in [2.75, 3.05) is 0 Å². The number of aryl methyl sites for hydroxylation is 1. The molecule has 0 aliphatic rings. The average Bonchev–Trinajstić information content (AvgIpc) is 2.77. The highest BCUT2D eigenvalue weighted by Crippen LogP contribution is 2.19. The SMILES string of the molecule is Cc1cccc(CC(=O)N(Cc2ccc(Cl)cc2)[C@@H](Cc2ccccc2)C(=O)NC(C)(C)C)c1. The van der Waals surface area contributed by atoms with Gasteiger partial charge >= 0.3 is 0 Å². The first-order chi connectivity index (χ1) is 16.1. The molecule has 4 nitrogen and oxygen atoms in total. The summed E-state index contributed by atoms with van der Waals surface area (Å²) in [4.78, 5) is 29.0. The van der Waals surface area contributed by atoms with E-state index in [1.165, 1.54) is 0 Å². The summed E-state index contributed by atoms with van der Waals surface area (Å²) in [7, 11) is 0. The molecule has 34 heavy (non-hydrogen) atoms. The molecule has 0 aromatic heterocycles. The minimum absolute atomic E-state index is 0.0921. The Kier molecular flexibility index (Phi) is 8.51. The lowest BCUT2D eigenvalue weighted by Crippen LogP contribution is -2.54. The lowest BCUT2D eigenvalue weighted by Gasteiger charge is -2.34. The summed E-state index contributed by atoms with van der Waals surface area (Å²) < 4.78 is 0. The van der Waals surface area contributed by atoms with E-state index in [4.69, 9.17) is 11.6 Å². The molecule has 0 spiro atoms. The maximum atomic E-state index is 13.7. The number of hydrogen-bond acceptors (Lipinski definition) is 2. The van der Waals surface area contributed by atoms with Gasteiger partial charge in [0.1, 0.15) is 6.04 Å². The van der Waals surface area contributed by atoms with Gasteiger partial charge in [0.05, 0.1) is 6.42 Å². The van der Waals surface area contributed by atoms with Gasteiger partial charge in [-0.3, -0.25) is 9.59 Å². The van der Waals surface area contributed by atoms with E-state index < -0.39 is 11.6 Å². The number of halogens is 1. The van der Waals surface area contributed by atoms with Crippen molar-refractivity contribution in [3.05, 3.63) is 106 Å². The zero-order valence-electron chi connectivity index (χ0n) is 20.3. The quantitative estimate of drug-likeness (QED) is 0.450. The fourth-order valence-corrected chi connectivity index (χ4v) is 4.02. The number of rotatable bonds is 8. The van der Waals surface area contributed by atoms with Crippen molar-refractivity contribution in [3.63, 3.8) is 0 Å². The van der Waals surface area contributed by atoms with Gasteiger partial charge in [-0.25, -0.2) is 0 Å². The van der Waals surface area contributed by atoms with Crippen LogP contribution in [0.2, 0.25) is 5.02 Å². The van der Waals surface area contributed by atoms with Crippen LogP contribution in [0.25, 0.3) is 0 Å². The zero-order valence-corrected chi connectivity index (χ0v) is 21.1. The second-order valence-electron chi connectivity index (χ2n) is 9.76. The summed E-state index contributed by atoms with van der Waals surface area (Å²) in [5, 5.41) is 3.72. The summed E-state index contributed by atoms with van der Waals surface area (Å²) in [6, 6.07) is 24.5. The Morgan fingerprint density at radius 2 is 1.53 bits per heavy atom. The van der Waals surface area contributed by atoms with E-state index in [1.807, 2.05) is 107 Å². The van der Waals surface area contributed by atoms with Crippen molar-refractivity contribution >= 4 is 23.4 Å². The van der Waals surface area contributed by atoms with Crippen molar-refractivity contribution in [1.29, 1.82) is 0 Å². The van der Waals surface area contributed by atoms with Crippen molar-refractivity contribution in [1.82, 2.24) is 10.2 Å². The Morgan fingerprint density at radius 3 is 2.15 bits per heavy atom. The molecule has 1 N–H and O–H groups in total. The van der Waals surface area contributed by atoms with E-state index in [9.17, 15) is 9.59 Å². The van der Waals surface area contributed by atoms with Crippen molar-refractivity contribution in [2.24, 2.45) is 0 Å². The third-order valence-corrected chi connectivity index (χ3v) is 5.73. The second-order valence-corrected chi connectivity index (χ2v) is 10.2. The Labute approximate surface area is 207 Å². The highest BCUT2D eigenvalue weighted by Gasteiger charge is 2.32. The molecule has 1 atom stereocenters. The summed E-state index contributed by atoms with van der Waals surface area (Å²) in [5.41, 5.74) is 3.53. The molecule has 0 radical (unpaired) electrons. The van der Waals surface area contributed by atoms with Gasteiger partial charge in [-0.2, -0.15) is 0 Å². The maximum absolute atomic E-state index is 13.7. The van der Waals surface area contributed by atoms with E-state index in [0.29, 0.717) is 18.0 Å². The van der Waals surface area contributed by atoms with Crippen molar-refractivity contribution < 1.29 is 9.59 Å². The van der Waals surface area contributed by atoms with Crippen LogP contribution in [0.3, 0.4) is 0 Å². The maximum Gasteiger partial charge on any atom is 0.243 e. The van der Waals surface area contributed by atoms with E-state index in [-0.39, 0.29) is 18.2 Å². The highest BCUT2D eigenvalue weighted by molar-refractivity contribution is 6.30. The molecule has 0 fully saturated rings. The molecule has 0 heterocycles. The van der Waals surface area contributed by atoms with Crippen LogP contribution in [-0.2, 0) is 29.0 Å². The van der Waals surface area contributed by atoms with Gasteiger partial charge in [0.15, 0.2) is 0 Å². The highest BCUT2D eigenvalue weighted by atomic mass is 35.5. The topological polar surface area (TPSA) is 49.4 Å². The zero-order chi connectivity index (χ0) is 24.7. The van der Waals surface area contributed by atoms with Crippen LogP contribution < -0.4 is 5.32 Å². The predicted molar refractivity (Wildman–Crippen MR) is 139 cm³/mol. The van der Waals surface area contributed by atoms with Gasteiger partial charge in [0.2, 0.25) is 11.8 Å². The van der Waals surface area contributed by atoms with Gasteiger partial charge in [-0.15, -0.1) is 0 Å². The smallest absolute Gasteiger partial charge is 0.243 e. The van der Waals surface area contributed by atoms with Gasteiger partial charge in [-0.1, -0.05) is 83.9 Å². The van der Waals surface area contributed by atoms with Crippen LogP contribution in [0.5, 0.6) is 0 Å². The largest absolute Gasteiger partial charge is 0.350 e. The first-order valence-electron chi connectivity index (χ1n) is 11.6. The first kappa shape index (κ1) is 25.5. The molecular weight excluding hydrogens is 444 g/mol. The number of hydrogen-bond donors (Lipinski definition) is 1. The molecule has 0 aliphatic heterocycles. The molecule has 0 unspecified atom stereocenters. The van der Waals surface area contributed by atoms with Crippen LogP contribution in [0.1, 0.15) is 43.0 Å². The predicted octanol–water partition coefficient (Wildman–Crippen LogP) is 5.75. The molecule has 3 aromatic rings. The standard InChI is InChI=1S/C29H33ClN2O2/c1-21-9-8-12-24(17-21)19-27(33)32(20-23-13-15-25(30)16-14-23)26(28(34)31-29(2,3)4)18-22-10-6-5-7-11-22/h5-17,26H,18-20H2,1-4H3,(H,31,34)/t26-/m0/s1. The normalized spacial score (nSPS) is 12.1. The number of amides is 2. The molecule has 0 saturated carbocycles. The fraction of sp³-hybridized carbons (Fsp3) is 0.310. The molecule has 178 valence electrons. The Hall–Kier alpha value is -3.11. The van der Waals surface area contributed by atoms with Crippen molar-refractivity contribution in [3.8, 4) is 0 Å². The Balaban J connectivity index is 1.98. The molecule has 0 bridgehead atoms. The fourth-order valence-electron chi connectivity index (χ4n) is 3.89. The molecule has 2 amide bonds. The number of benzene rings is 3. The average molecular weight is 477 g/mol. The number of carbonyl (C=O) groups is 2. The van der Waals surface area contributed by atoms with Crippen LogP contribution in [-0.4, -0.2) is 28.3 Å². The van der Waals surface area contributed by atoms with Crippen LogP contribution >= 0.6 is 11.6 Å². The molecule has 0 aliphatic carbocycles. The second kappa shape index (κ2) is 11.3. The van der Waals surface area contributed by atoms with Gasteiger partial charge < -0.3 is 10.2 Å². The lowest BCUT2D eigenvalue weighted by atomic mass is 9.99. The number of nitrogens with one attached hydrogen (secondary N) is 1. The van der Waals surface area contributed by atoms with Crippen LogP contribution in [0.15, 0.2) is 78.9 Å². The van der Waals surface area contributed by atoms with E-state index in [0.717, 1.165) is 22.3 Å². The Bertz CT molecular complexity index is 1100. The Morgan fingerprint density at radius 1 is 0.882 bits per heavy atom. The summed E-state index contributed by atoms with van der Waals surface area (Å²) in [6.45, 7) is 8.17. The van der Waals surface area contributed by atoms with Crippen LogP contribution in [0.4, 0.5) is 0 Å². The summed E-state index contributed by atoms with van der Waals surface area (Å²) >= 11 is 6.08. The van der Waals surface area contributed by atoms with Crippen LogP contribution in [0, 0.1) is 6.92 Å². The third-order valence-electron chi connectivity index (χ3n) is 5.47. The van der Waals surface area contributed by atoms with E-state index in [2.05, 4.69) is 5.32 Å².